The molecule has 0 bridgehead atoms. The maximum Gasteiger partial charge on any atom is 0.224 e. The van der Waals surface area contributed by atoms with Crippen LogP contribution in [0.15, 0.2) is 59.8 Å². The van der Waals surface area contributed by atoms with E-state index in [-0.39, 0.29) is 5.91 Å². The molecule has 1 heterocycles. The number of amides is 1. The summed E-state index contributed by atoms with van der Waals surface area (Å²) < 4.78 is 1.96. The van der Waals surface area contributed by atoms with Crippen LogP contribution in [0.4, 0.5) is 0 Å². The van der Waals surface area contributed by atoms with Gasteiger partial charge in [-0.05, 0) is 22.9 Å². The van der Waals surface area contributed by atoms with Crippen LogP contribution in [-0.4, -0.2) is 33.5 Å². The first-order chi connectivity index (χ1) is 12.7. The highest BCUT2D eigenvalue weighted by molar-refractivity contribution is 7.98. The van der Waals surface area contributed by atoms with Gasteiger partial charge < -0.3 is 9.88 Å². The predicted octanol–water partition coefficient (Wildman–Crippen LogP) is 3.11. The monoisotopic (exact) mass is 366 g/mol. The third-order valence-electron chi connectivity index (χ3n) is 4.20. The van der Waals surface area contributed by atoms with Gasteiger partial charge in [0.25, 0.3) is 0 Å². The first kappa shape index (κ1) is 18.2. The molecule has 0 unspecified atom stereocenters. The van der Waals surface area contributed by atoms with Crippen molar-refractivity contribution in [3.8, 4) is 11.1 Å². The number of hydrogen-bond acceptors (Lipinski definition) is 4. The molecular weight excluding hydrogens is 344 g/mol. The third kappa shape index (κ3) is 4.52. The zero-order valence-corrected chi connectivity index (χ0v) is 15.8. The smallest absolute Gasteiger partial charge is 0.224 e. The fourth-order valence-electron chi connectivity index (χ4n) is 2.75. The van der Waals surface area contributed by atoms with Crippen molar-refractivity contribution in [1.29, 1.82) is 0 Å². The predicted molar refractivity (Wildman–Crippen MR) is 105 cm³/mol. The second-order valence-electron chi connectivity index (χ2n) is 6.00. The van der Waals surface area contributed by atoms with Crippen LogP contribution in [0.2, 0.25) is 0 Å². The summed E-state index contributed by atoms with van der Waals surface area (Å²) in [5.41, 5.74) is 3.34. The SMILES string of the molecule is CSc1nnc(CCNC(=O)Cc2ccc(-c3ccccc3)cc2)n1C. The van der Waals surface area contributed by atoms with Gasteiger partial charge in [-0.25, -0.2) is 0 Å². The Balaban J connectivity index is 1.49. The maximum absolute atomic E-state index is 12.1. The third-order valence-corrected chi connectivity index (χ3v) is 4.92. The van der Waals surface area contributed by atoms with Crippen LogP contribution in [0.1, 0.15) is 11.4 Å². The molecule has 0 aliphatic carbocycles. The van der Waals surface area contributed by atoms with E-state index in [1.165, 1.54) is 5.56 Å². The quantitative estimate of drug-likeness (QED) is 0.653. The van der Waals surface area contributed by atoms with Gasteiger partial charge in [-0.1, -0.05) is 66.4 Å². The molecule has 0 fully saturated rings. The van der Waals surface area contributed by atoms with Crippen molar-refractivity contribution in [2.75, 3.05) is 12.8 Å². The first-order valence-electron chi connectivity index (χ1n) is 8.50. The Morgan fingerprint density at radius 1 is 1.04 bits per heavy atom. The molecule has 134 valence electrons. The molecule has 2 aromatic carbocycles. The Bertz CT molecular complexity index is 859. The zero-order chi connectivity index (χ0) is 18.4. The fourth-order valence-corrected chi connectivity index (χ4v) is 3.25. The number of thioether (sulfide) groups is 1. The minimum absolute atomic E-state index is 0.0183. The highest BCUT2D eigenvalue weighted by Gasteiger charge is 2.08. The zero-order valence-electron chi connectivity index (χ0n) is 15.0. The van der Waals surface area contributed by atoms with E-state index in [0.717, 1.165) is 22.1 Å². The molecule has 26 heavy (non-hydrogen) atoms. The normalized spacial score (nSPS) is 10.7. The number of hydrogen-bond donors (Lipinski definition) is 1. The van der Waals surface area contributed by atoms with Crippen LogP contribution in [0.3, 0.4) is 0 Å². The van der Waals surface area contributed by atoms with E-state index in [4.69, 9.17) is 0 Å². The van der Waals surface area contributed by atoms with Crippen LogP contribution in [0.25, 0.3) is 11.1 Å². The van der Waals surface area contributed by atoms with E-state index in [2.05, 4.69) is 39.8 Å². The average Bonchev–Trinajstić information content (AvgIpc) is 3.03. The van der Waals surface area contributed by atoms with Gasteiger partial charge >= 0.3 is 0 Å². The van der Waals surface area contributed by atoms with Gasteiger partial charge in [0.15, 0.2) is 5.16 Å². The molecule has 1 N–H and O–H groups in total. The van der Waals surface area contributed by atoms with Crippen LogP contribution < -0.4 is 5.32 Å². The van der Waals surface area contributed by atoms with Gasteiger partial charge in [0.2, 0.25) is 5.91 Å². The molecule has 0 atom stereocenters. The average molecular weight is 366 g/mol. The van der Waals surface area contributed by atoms with Gasteiger partial charge in [0.1, 0.15) is 5.82 Å². The van der Waals surface area contributed by atoms with Gasteiger partial charge in [0.05, 0.1) is 6.42 Å². The van der Waals surface area contributed by atoms with Crippen molar-refractivity contribution >= 4 is 17.7 Å². The topological polar surface area (TPSA) is 59.8 Å². The summed E-state index contributed by atoms with van der Waals surface area (Å²) in [7, 11) is 1.94. The molecule has 0 radical (unpaired) electrons. The highest BCUT2D eigenvalue weighted by atomic mass is 32.2. The number of carbonyl (C=O) groups excluding carboxylic acids is 1. The molecule has 3 aromatic rings. The number of benzene rings is 2. The molecule has 1 aromatic heterocycles. The summed E-state index contributed by atoms with van der Waals surface area (Å²) in [4.78, 5) is 12.1. The van der Waals surface area contributed by atoms with E-state index >= 15 is 0 Å². The van der Waals surface area contributed by atoms with E-state index in [1.807, 2.05) is 48.2 Å². The van der Waals surface area contributed by atoms with Crippen molar-refractivity contribution in [2.24, 2.45) is 7.05 Å². The van der Waals surface area contributed by atoms with Gasteiger partial charge in [-0.2, -0.15) is 0 Å². The molecule has 0 saturated heterocycles. The molecule has 3 rings (SSSR count). The lowest BCUT2D eigenvalue weighted by Gasteiger charge is -2.07. The van der Waals surface area contributed by atoms with E-state index < -0.39 is 0 Å². The Kier molecular flexibility index (Phi) is 6.07. The van der Waals surface area contributed by atoms with E-state index in [0.29, 0.717) is 19.4 Å². The Morgan fingerprint density at radius 2 is 1.73 bits per heavy atom. The van der Waals surface area contributed by atoms with Crippen LogP contribution in [0.5, 0.6) is 0 Å². The van der Waals surface area contributed by atoms with Crippen LogP contribution in [0, 0.1) is 0 Å². The number of rotatable bonds is 7. The number of nitrogens with one attached hydrogen (secondary N) is 1. The molecular formula is C20H22N4OS. The molecule has 1 amide bonds. The van der Waals surface area contributed by atoms with Crippen molar-refractivity contribution < 1.29 is 4.79 Å². The second kappa shape index (κ2) is 8.67. The molecule has 6 heteroatoms. The van der Waals surface area contributed by atoms with Crippen molar-refractivity contribution in [3.63, 3.8) is 0 Å². The second-order valence-corrected chi connectivity index (χ2v) is 6.78. The Labute approximate surface area is 157 Å². The van der Waals surface area contributed by atoms with Gasteiger partial charge in [0, 0.05) is 20.0 Å². The maximum atomic E-state index is 12.1. The largest absolute Gasteiger partial charge is 0.355 e. The Morgan fingerprint density at radius 3 is 2.38 bits per heavy atom. The summed E-state index contributed by atoms with van der Waals surface area (Å²) in [5.74, 6) is 0.895. The minimum atomic E-state index is 0.0183. The summed E-state index contributed by atoms with van der Waals surface area (Å²) >= 11 is 1.56. The van der Waals surface area contributed by atoms with Crippen LogP contribution >= 0.6 is 11.8 Å². The first-order valence-corrected chi connectivity index (χ1v) is 9.73. The van der Waals surface area contributed by atoms with Gasteiger partial charge in [-0.3, -0.25) is 4.79 Å². The summed E-state index contributed by atoms with van der Waals surface area (Å²) in [6.07, 6.45) is 3.02. The van der Waals surface area contributed by atoms with E-state index in [9.17, 15) is 4.79 Å². The fraction of sp³-hybridized carbons (Fsp3) is 0.250. The molecule has 5 nitrogen and oxygen atoms in total. The molecule has 0 saturated carbocycles. The Hall–Kier alpha value is -2.60. The number of carbonyl (C=O) groups is 1. The summed E-state index contributed by atoms with van der Waals surface area (Å²) in [5, 5.41) is 12.1. The molecule has 0 aliphatic heterocycles. The highest BCUT2D eigenvalue weighted by Crippen LogP contribution is 2.19. The standard InChI is InChI=1S/C20H22N4OS/c1-24-18(22-23-20(24)26-2)12-13-21-19(25)14-15-8-10-17(11-9-15)16-6-4-3-5-7-16/h3-11H,12-14H2,1-2H3,(H,21,25). The molecule has 0 spiro atoms. The van der Waals surface area contributed by atoms with Crippen molar-refractivity contribution in [2.45, 2.75) is 18.0 Å². The molecule has 0 aliphatic rings. The van der Waals surface area contributed by atoms with Crippen molar-refractivity contribution in [3.05, 3.63) is 66.0 Å². The van der Waals surface area contributed by atoms with Crippen molar-refractivity contribution in [1.82, 2.24) is 20.1 Å². The van der Waals surface area contributed by atoms with Gasteiger partial charge in [-0.15, -0.1) is 10.2 Å². The van der Waals surface area contributed by atoms with E-state index in [1.54, 1.807) is 11.8 Å². The summed E-state index contributed by atoms with van der Waals surface area (Å²) in [6, 6.07) is 18.3. The number of nitrogens with zero attached hydrogens (tertiary/aromatic N) is 3. The lowest BCUT2D eigenvalue weighted by atomic mass is 10.0. The lowest BCUT2D eigenvalue weighted by Crippen LogP contribution is -2.27. The lowest BCUT2D eigenvalue weighted by molar-refractivity contribution is -0.120. The minimum Gasteiger partial charge on any atom is -0.355 e. The van der Waals surface area contributed by atoms with Crippen LogP contribution in [-0.2, 0) is 24.7 Å². The summed E-state index contributed by atoms with van der Waals surface area (Å²) in [6.45, 7) is 0.557. The number of aromatic nitrogens is 3.